The molecule has 3 aliphatic heterocycles. The summed E-state index contributed by atoms with van der Waals surface area (Å²) in [4.78, 5) is 79.1. The number of fused-ring (bicyclic) bond motifs is 1. The van der Waals surface area contributed by atoms with Gasteiger partial charge in [0.2, 0.25) is 11.8 Å². The van der Waals surface area contributed by atoms with Gasteiger partial charge in [-0.25, -0.2) is 14.6 Å². The zero-order valence-corrected chi connectivity index (χ0v) is 37.5. The molecule has 350 valence electrons. The van der Waals surface area contributed by atoms with Gasteiger partial charge < -0.3 is 25.3 Å². The van der Waals surface area contributed by atoms with E-state index in [2.05, 4.69) is 35.1 Å². The first-order valence-electron chi connectivity index (χ1n) is 23.2. The molecule has 5 heterocycles. The van der Waals surface area contributed by atoms with Crippen LogP contribution in [0.3, 0.4) is 0 Å². The fourth-order valence-electron chi connectivity index (χ4n) is 9.93. The monoisotopic (exact) mass is 920 g/mol. The van der Waals surface area contributed by atoms with Crippen molar-refractivity contribution >= 4 is 57.2 Å². The fraction of sp³-hybridized carbons (Fsp3) is 0.360. The van der Waals surface area contributed by atoms with Crippen LogP contribution in [0.15, 0.2) is 91.3 Å². The van der Waals surface area contributed by atoms with Crippen LogP contribution in [0.5, 0.6) is 17.2 Å². The number of para-hydroxylation sites is 1. The number of ether oxygens (including phenoxy) is 3. The van der Waals surface area contributed by atoms with E-state index in [1.807, 2.05) is 54.6 Å². The number of nitrogens with two attached hydrogens (primary N) is 1. The van der Waals surface area contributed by atoms with Gasteiger partial charge >= 0.3 is 0 Å². The summed E-state index contributed by atoms with van der Waals surface area (Å²) in [5.41, 5.74) is 9.36. The van der Waals surface area contributed by atoms with Gasteiger partial charge in [-0.1, -0.05) is 30.3 Å². The molecule has 4 aromatic carbocycles. The zero-order valence-electron chi connectivity index (χ0n) is 37.5. The zero-order chi connectivity index (χ0) is 46.7. The molecule has 1 unspecified atom stereocenters. The van der Waals surface area contributed by atoms with Crippen molar-refractivity contribution in [2.24, 2.45) is 0 Å². The Hall–Kier alpha value is -7.28. The van der Waals surface area contributed by atoms with Gasteiger partial charge in [-0.2, -0.15) is 5.10 Å². The maximum absolute atomic E-state index is 13.7. The lowest BCUT2D eigenvalue weighted by Gasteiger charge is -2.42. The number of benzene rings is 4. The van der Waals surface area contributed by atoms with Crippen LogP contribution >= 0.6 is 0 Å². The molecule has 1 saturated carbocycles. The van der Waals surface area contributed by atoms with Gasteiger partial charge in [-0.3, -0.25) is 44.0 Å². The van der Waals surface area contributed by atoms with E-state index in [9.17, 15) is 24.0 Å². The van der Waals surface area contributed by atoms with Crippen molar-refractivity contribution in [3.05, 3.63) is 102 Å². The van der Waals surface area contributed by atoms with Crippen molar-refractivity contribution in [3.8, 4) is 28.5 Å². The van der Waals surface area contributed by atoms with Crippen LogP contribution in [0.25, 0.3) is 33.1 Å². The number of carbonyl (C=O) groups excluding carboxylic acids is 5. The number of rotatable bonds is 15. The van der Waals surface area contributed by atoms with E-state index < -0.39 is 29.7 Å². The van der Waals surface area contributed by atoms with E-state index in [0.29, 0.717) is 42.4 Å². The van der Waals surface area contributed by atoms with Gasteiger partial charge in [-0.05, 0) is 92.1 Å². The van der Waals surface area contributed by atoms with E-state index in [1.54, 1.807) is 24.3 Å². The van der Waals surface area contributed by atoms with Gasteiger partial charge in [-0.15, -0.1) is 0 Å². The fourth-order valence-corrected chi connectivity index (χ4v) is 9.93. The number of hydrogen-bond donors (Lipinski definition) is 3. The summed E-state index contributed by atoms with van der Waals surface area (Å²) in [6, 6.07) is 25.4. The van der Waals surface area contributed by atoms with Crippen LogP contribution in [0.1, 0.15) is 65.3 Å². The van der Waals surface area contributed by atoms with Crippen molar-refractivity contribution in [1.29, 1.82) is 0 Å². The Bertz CT molecular complexity index is 2880. The Labute approximate surface area is 391 Å². The van der Waals surface area contributed by atoms with E-state index in [-0.39, 0.29) is 48.3 Å². The molecule has 18 nitrogen and oxygen atoms in total. The smallest absolute Gasteiger partial charge is 0.262 e. The molecule has 4 aliphatic rings. The van der Waals surface area contributed by atoms with Gasteiger partial charge in [0, 0.05) is 68.2 Å². The average Bonchev–Trinajstić information content (AvgIpc) is 3.76. The highest BCUT2D eigenvalue weighted by Crippen LogP contribution is 2.39. The Balaban J connectivity index is 0.644. The largest absolute Gasteiger partial charge is 0.484 e. The van der Waals surface area contributed by atoms with Crippen molar-refractivity contribution in [2.75, 3.05) is 64.8 Å². The highest BCUT2D eigenvalue weighted by atomic mass is 16.5. The number of imide groups is 2. The summed E-state index contributed by atoms with van der Waals surface area (Å²) >= 11 is 0. The van der Waals surface area contributed by atoms with Crippen molar-refractivity contribution in [1.82, 2.24) is 45.1 Å². The Kier molecular flexibility index (Phi) is 12.8. The van der Waals surface area contributed by atoms with Crippen molar-refractivity contribution in [2.45, 2.75) is 56.7 Å². The second-order valence-corrected chi connectivity index (χ2v) is 17.6. The number of nitrogen functional groups attached to an aromatic ring is 1. The predicted octanol–water partition coefficient (Wildman–Crippen LogP) is 4.74. The van der Waals surface area contributed by atoms with Gasteiger partial charge in [0.05, 0.1) is 30.2 Å². The summed E-state index contributed by atoms with van der Waals surface area (Å²) in [6.07, 6.45) is 5.71. The molecule has 0 radical (unpaired) electrons. The molecular formula is C50H52N10O8. The number of aromatic nitrogens is 4. The van der Waals surface area contributed by atoms with Crippen LogP contribution in [0.2, 0.25) is 0 Å². The number of anilines is 1. The maximum Gasteiger partial charge on any atom is 0.262 e. The van der Waals surface area contributed by atoms with Gasteiger partial charge in [0.15, 0.2) is 12.3 Å². The lowest BCUT2D eigenvalue weighted by molar-refractivity contribution is -0.136. The number of hydrogen-bond acceptors (Lipinski definition) is 14. The van der Waals surface area contributed by atoms with E-state index in [0.717, 1.165) is 97.1 Å². The molecule has 10 rings (SSSR count). The lowest BCUT2D eigenvalue weighted by atomic mass is 9.90. The van der Waals surface area contributed by atoms with Crippen molar-refractivity contribution in [3.63, 3.8) is 0 Å². The Morgan fingerprint density at radius 3 is 2.29 bits per heavy atom. The molecule has 5 amide bonds. The molecule has 1 atom stereocenters. The molecular weight excluding hydrogens is 869 g/mol. The first kappa shape index (κ1) is 44.6. The third-order valence-electron chi connectivity index (χ3n) is 13.4. The van der Waals surface area contributed by atoms with E-state index >= 15 is 0 Å². The molecule has 0 bridgehead atoms. The summed E-state index contributed by atoms with van der Waals surface area (Å²) in [7, 11) is 0. The van der Waals surface area contributed by atoms with E-state index in [1.165, 1.54) is 12.4 Å². The highest BCUT2D eigenvalue weighted by Gasteiger charge is 2.43. The van der Waals surface area contributed by atoms with Crippen LogP contribution in [-0.4, -0.2) is 135 Å². The van der Waals surface area contributed by atoms with Gasteiger partial charge in [0.1, 0.15) is 41.1 Å². The van der Waals surface area contributed by atoms with E-state index in [4.69, 9.17) is 25.0 Å². The number of amides is 5. The summed E-state index contributed by atoms with van der Waals surface area (Å²) < 4.78 is 19.8. The third kappa shape index (κ3) is 9.21. The average molecular weight is 921 g/mol. The lowest BCUT2D eigenvalue weighted by Crippen LogP contribution is -2.57. The predicted molar refractivity (Wildman–Crippen MR) is 251 cm³/mol. The molecule has 1 aliphatic carbocycles. The molecule has 4 N–H and O–H groups in total. The number of piperidine rings is 1. The first-order chi connectivity index (χ1) is 33.2. The van der Waals surface area contributed by atoms with Crippen molar-refractivity contribution < 1.29 is 38.2 Å². The Morgan fingerprint density at radius 1 is 0.765 bits per heavy atom. The minimum Gasteiger partial charge on any atom is -0.484 e. The minimum absolute atomic E-state index is 0.0164. The molecule has 2 aromatic heterocycles. The van der Waals surface area contributed by atoms with Crippen LogP contribution < -0.4 is 25.8 Å². The van der Waals surface area contributed by atoms with Crippen LogP contribution in [0.4, 0.5) is 5.82 Å². The van der Waals surface area contributed by atoms with Crippen LogP contribution in [-0.2, 0) is 19.1 Å². The second-order valence-electron chi connectivity index (χ2n) is 17.6. The molecule has 2 saturated heterocycles. The molecule has 68 heavy (non-hydrogen) atoms. The number of nitrogens with one attached hydrogen (secondary N) is 2. The Morgan fingerprint density at radius 2 is 1.51 bits per heavy atom. The number of piperazine rings is 1. The summed E-state index contributed by atoms with van der Waals surface area (Å²) in [5.74, 6) is -0.557. The number of carbonyl (C=O) groups is 5. The normalized spacial score (nSPS) is 20.2. The van der Waals surface area contributed by atoms with Gasteiger partial charge in [0.25, 0.3) is 17.7 Å². The SMILES string of the molecule is Nc1ncnc2c1c(-c1ccc(Oc3ccccc3)cc1)nn2C1CCC(N2CCN(CCOCCNC(=O)COc3cc4c5c(cccc5c3)C(=O)N(C3CCC(=O)NC3=O)C4=O)CC2)CC1. The molecule has 0 spiro atoms. The highest BCUT2D eigenvalue weighted by molar-refractivity contribution is 6.27. The minimum atomic E-state index is -1.11. The standard InChI is InChI=1S/C50H52N10O8/c51-46-44-45(31-9-15-36(16-10-31)68-35-6-2-1-3-7-35)56-60(47(44)54-30-53-46)34-13-11-33(12-14-34)58-22-20-57(21-23-58)24-26-66-25-19-52-42(62)29-67-37-27-32-5-4-8-38-43(32)39(28-37)50(65)59(49(38)64)40-17-18-41(61)55-48(40)63/h1-10,15-16,27-28,30,33-34,40H,11-14,17-26,29H2,(H,52,62)(H2,51,53,54)(H,55,61,63). The molecule has 18 heteroatoms. The maximum atomic E-state index is 13.7. The molecule has 3 fully saturated rings. The van der Waals surface area contributed by atoms with Crippen LogP contribution in [0, 0.1) is 0 Å². The summed E-state index contributed by atoms with van der Waals surface area (Å²) in [5, 5.41) is 12.0. The topological polar surface area (TPSA) is 216 Å². The third-order valence-corrected chi connectivity index (χ3v) is 13.4. The quantitative estimate of drug-likeness (QED) is 0.0938. The number of nitrogens with zero attached hydrogens (tertiary/aromatic N) is 7. The summed E-state index contributed by atoms with van der Waals surface area (Å²) in [6.45, 7) is 5.62. The second kappa shape index (κ2) is 19.5. The molecule has 6 aromatic rings. The first-order valence-corrected chi connectivity index (χ1v) is 23.2.